The average Bonchev–Trinajstić information content (AvgIpc) is 2.96. The third kappa shape index (κ3) is 4.76. The maximum atomic E-state index is 12.2. The van der Waals surface area contributed by atoms with E-state index in [0.29, 0.717) is 22.4 Å². The van der Waals surface area contributed by atoms with Crippen molar-refractivity contribution in [2.24, 2.45) is 11.8 Å². The first-order chi connectivity index (χ1) is 12.6. The molecule has 0 saturated carbocycles. The van der Waals surface area contributed by atoms with Gasteiger partial charge in [0.05, 0.1) is 11.8 Å². The van der Waals surface area contributed by atoms with Crippen molar-refractivity contribution in [2.45, 2.75) is 46.8 Å². The van der Waals surface area contributed by atoms with E-state index >= 15 is 0 Å². The molecule has 0 N–H and O–H groups in total. The third-order valence-corrected chi connectivity index (χ3v) is 4.24. The zero-order chi connectivity index (χ0) is 20.3. The third-order valence-electron chi connectivity index (χ3n) is 4.24. The minimum absolute atomic E-state index is 0.0367. The summed E-state index contributed by atoms with van der Waals surface area (Å²) in [6, 6.07) is 5.01. The summed E-state index contributed by atoms with van der Waals surface area (Å²) in [5, 5.41) is 0. The van der Waals surface area contributed by atoms with E-state index in [1.54, 1.807) is 45.9 Å². The van der Waals surface area contributed by atoms with E-state index in [9.17, 15) is 14.4 Å². The second-order valence-electron chi connectivity index (χ2n) is 7.28. The van der Waals surface area contributed by atoms with Crippen LogP contribution in [0.25, 0.3) is 0 Å². The van der Waals surface area contributed by atoms with E-state index < -0.39 is 12.2 Å². The van der Waals surface area contributed by atoms with Gasteiger partial charge >= 0.3 is 11.9 Å². The molecule has 0 unspecified atom stereocenters. The number of rotatable bonds is 7. The van der Waals surface area contributed by atoms with Gasteiger partial charge in [-0.05, 0) is 25.1 Å². The zero-order valence-electron chi connectivity index (χ0n) is 16.4. The SMILES string of the molecule is C=C(COC(=O)C(C)C)[C@H]1Oc2ccc(C(C)=O)cc2[C@@H]1OC(=O)C(C)C. The maximum Gasteiger partial charge on any atom is 0.309 e. The van der Waals surface area contributed by atoms with Gasteiger partial charge in [0.15, 0.2) is 18.0 Å². The summed E-state index contributed by atoms with van der Waals surface area (Å²) in [4.78, 5) is 35.6. The van der Waals surface area contributed by atoms with Crippen molar-refractivity contribution in [3.63, 3.8) is 0 Å². The standard InChI is InChI=1S/C21H26O6/c1-11(2)20(23)25-10-13(5)18-19(27-21(24)12(3)4)16-9-15(14(6)22)7-8-17(16)26-18/h7-9,11-12,18-19H,5,10H2,1-4,6H3/t18-,19+/m1/s1. The fraction of sp³-hybridized carbons (Fsp3) is 0.476. The summed E-state index contributed by atoms with van der Waals surface area (Å²) in [6.45, 7) is 12.3. The molecule has 6 nitrogen and oxygen atoms in total. The van der Waals surface area contributed by atoms with Crippen molar-refractivity contribution in [1.82, 2.24) is 0 Å². The number of benzene rings is 1. The molecule has 0 fully saturated rings. The van der Waals surface area contributed by atoms with Crippen LogP contribution in [0.5, 0.6) is 5.75 Å². The molecule has 1 aliphatic heterocycles. The Labute approximate surface area is 159 Å². The molecule has 27 heavy (non-hydrogen) atoms. The van der Waals surface area contributed by atoms with Crippen molar-refractivity contribution in [3.05, 3.63) is 41.5 Å². The Morgan fingerprint density at radius 2 is 1.74 bits per heavy atom. The lowest BCUT2D eigenvalue weighted by Gasteiger charge is -2.22. The predicted molar refractivity (Wildman–Crippen MR) is 99.5 cm³/mol. The predicted octanol–water partition coefficient (Wildman–Crippen LogP) is 3.65. The molecule has 0 aromatic heterocycles. The fourth-order valence-corrected chi connectivity index (χ4v) is 2.56. The van der Waals surface area contributed by atoms with Crippen LogP contribution in [-0.2, 0) is 19.1 Å². The van der Waals surface area contributed by atoms with Gasteiger partial charge in [0.1, 0.15) is 12.4 Å². The molecule has 1 heterocycles. The Kier molecular flexibility index (Phi) is 6.41. The molecule has 0 spiro atoms. The molecule has 2 rings (SSSR count). The van der Waals surface area contributed by atoms with Crippen molar-refractivity contribution in [1.29, 1.82) is 0 Å². The largest absolute Gasteiger partial charge is 0.481 e. The summed E-state index contributed by atoms with van der Waals surface area (Å²) in [5.41, 5.74) is 1.59. The lowest BCUT2D eigenvalue weighted by molar-refractivity contribution is -0.156. The molecule has 1 aromatic carbocycles. The molecule has 6 heteroatoms. The molecule has 2 atom stereocenters. The number of carbonyl (C=O) groups is 3. The quantitative estimate of drug-likeness (QED) is 0.412. The van der Waals surface area contributed by atoms with Gasteiger partial charge in [-0.1, -0.05) is 34.3 Å². The number of hydrogen-bond acceptors (Lipinski definition) is 6. The molecule has 146 valence electrons. The smallest absolute Gasteiger partial charge is 0.309 e. The summed E-state index contributed by atoms with van der Waals surface area (Å²) < 4.78 is 16.8. The van der Waals surface area contributed by atoms with Crippen LogP contribution < -0.4 is 4.74 Å². The lowest BCUT2D eigenvalue weighted by Crippen LogP contribution is -2.29. The Morgan fingerprint density at radius 3 is 2.30 bits per heavy atom. The van der Waals surface area contributed by atoms with Gasteiger partial charge in [0, 0.05) is 16.7 Å². The highest BCUT2D eigenvalue weighted by Crippen LogP contribution is 2.42. The van der Waals surface area contributed by atoms with E-state index in [0.717, 1.165) is 0 Å². The first-order valence-corrected chi connectivity index (χ1v) is 8.98. The maximum absolute atomic E-state index is 12.2. The normalized spacial score (nSPS) is 18.0. The molecule has 0 bridgehead atoms. The molecular formula is C21H26O6. The van der Waals surface area contributed by atoms with Crippen LogP contribution in [0.4, 0.5) is 0 Å². The number of esters is 2. The number of hydrogen-bond donors (Lipinski definition) is 0. The van der Waals surface area contributed by atoms with Gasteiger partial charge in [0.2, 0.25) is 0 Å². The van der Waals surface area contributed by atoms with Gasteiger partial charge in [-0.3, -0.25) is 14.4 Å². The highest BCUT2D eigenvalue weighted by molar-refractivity contribution is 5.94. The van der Waals surface area contributed by atoms with Crippen molar-refractivity contribution >= 4 is 17.7 Å². The Hall–Kier alpha value is -2.63. The monoisotopic (exact) mass is 374 g/mol. The van der Waals surface area contributed by atoms with Gasteiger partial charge in [-0.2, -0.15) is 0 Å². The van der Waals surface area contributed by atoms with Crippen molar-refractivity contribution in [3.8, 4) is 5.75 Å². The Balaban J connectivity index is 2.27. The van der Waals surface area contributed by atoms with Gasteiger partial charge < -0.3 is 14.2 Å². The van der Waals surface area contributed by atoms with Crippen molar-refractivity contribution in [2.75, 3.05) is 6.61 Å². The average molecular weight is 374 g/mol. The number of ketones is 1. The van der Waals surface area contributed by atoms with E-state index in [1.165, 1.54) is 6.92 Å². The van der Waals surface area contributed by atoms with E-state index in [2.05, 4.69) is 6.58 Å². The minimum Gasteiger partial charge on any atom is -0.481 e. The molecule has 1 aliphatic rings. The summed E-state index contributed by atoms with van der Waals surface area (Å²) in [7, 11) is 0. The molecular weight excluding hydrogens is 348 g/mol. The molecule has 0 amide bonds. The van der Waals surface area contributed by atoms with Crippen LogP contribution in [0.15, 0.2) is 30.4 Å². The first kappa shape index (κ1) is 20.7. The zero-order valence-corrected chi connectivity index (χ0v) is 16.4. The van der Waals surface area contributed by atoms with Gasteiger partial charge in [0.25, 0.3) is 0 Å². The second-order valence-corrected chi connectivity index (χ2v) is 7.28. The molecule has 0 saturated heterocycles. The van der Waals surface area contributed by atoms with E-state index in [4.69, 9.17) is 14.2 Å². The topological polar surface area (TPSA) is 78.9 Å². The highest BCUT2D eigenvalue weighted by Gasteiger charge is 2.40. The minimum atomic E-state index is -0.751. The summed E-state index contributed by atoms with van der Waals surface area (Å²) in [5.74, 6) is -0.893. The summed E-state index contributed by atoms with van der Waals surface area (Å²) >= 11 is 0. The lowest BCUT2D eigenvalue weighted by atomic mass is 9.99. The van der Waals surface area contributed by atoms with Crippen LogP contribution >= 0.6 is 0 Å². The van der Waals surface area contributed by atoms with Gasteiger partial charge in [-0.25, -0.2) is 0 Å². The number of ether oxygens (including phenoxy) is 3. The Bertz CT molecular complexity index is 762. The number of carbonyl (C=O) groups excluding carboxylic acids is 3. The number of fused-ring (bicyclic) bond motifs is 1. The fourth-order valence-electron chi connectivity index (χ4n) is 2.56. The Morgan fingerprint density at radius 1 is 1.11 bits per heavy atom. The van der Waals surface area contributed by atoms with Gasteiger partial charge in [-0.15, -0.1) is 0 Å². The second kappa shape index (κ2) is 8.37. The van der Waals surface area contributed by atoms with Crippen LogP contribution in [0.3, 0.4) is 0 Å². The molecule has 1 aromatic rings. The summed E-state index contributed by atoms with van der Waals surface area (Å²) in [6.07, 6.45) is -1.44. The highest BCUT2D eigenvalue weighted by atomic mass is 16.6. The van der Waals surface area contributed by atoms with Crippen LogP contribution in [0.2, 0.25) is 0 Å². The van der Waals surface area contributed by atoms with Crippen molar-refractivity contribution < 1.29 is 28.6 Å². The van der Waals surface area contributed by atoms with Crippen LogP contribution in [-0.4, -0.2) is 30.4 Å². The van der Waals surface area contributed by atoms with E-state index in [1.807, 2.05) is 0 Å². The van der Waals surface area contributed by atoms with Crippen LogP contribution in [0, 0.1) is 11.8 Å². The first-order valence-electron chi connectivity index (χ1n) is 8.98. The molecule has 0 radical (unpaired) electrons. The van der Waals surface area contributed by atoms with Crippen LogP contribution in [0.1, 0.15) is 56.6 Å². The number of Topliss-reactive ketones (excluding diaryl/α,β-unsaturated/α-hetero) is 1. The van der Waals surface area contributed by atoms with E-state index in [-0.39, 0.29) is 36.2 Å². The molecule has 0 aliphatic carbocycles.